The number of halogens is 2. The highest BCUT2D eigenvalue weighted by atomic mass is 127. The molecule has 0 aliphatic rings. The molecule has 0 bridgehead atoms. The second kappa shape index (κ2) is 9.51. The van der Waals surface area contributed by atoms with Gasteiger partial charge in [0.2, 0.25) is 0 Å². The Balaban J connectivity index is 0.00000243. The number of benzene rings is 2. The SMILES string of the molecule is CN=C(NCCc1nc2ccccc2[nH]1)NCc1ccc(F)c(C)c1.I. The van der Waals surface area contributed by atoms with E-state index in [1.807, 2.05) is 30.3 Å². The van der Waals surface area contributed by atoms with Crippen molar-refractivity contribution >= 4 is 41.0 Å². The Morgan fingerprint density at radius 3 is 2.73 bits per heavy atom. The molecule has 7 heteroatoms. The van der Waals surface area contributed by atoms with E-state index in [0.717, 1.165) is 28.8 Å². The van der Waals surface area contributed by atoms with E-state index < -0.39 is 0 Å². The summed E-state index contributed by atoms with van der Waals surface area (Å²) in [5, 5.41) is 6.49. The van der Waals surface area contributed by atoms with Gasteiger partial charge in [0, 0.05) is 26.6 Å². The summed E-state index contributed by atoms with van der Waals surface area (Å²) in [5.41, 5.74) is 3.68. The number of imidazole rings is 1. The minimum Gasteiger partial charge on any atom is -0.356 e. The first-order valence-electron chi connectivity index (χ1n) is 8.29. The first-order valence-corrected chi connectivity index (χ1v) is 8.29. The molecule has 0 radical (unpaired) electrons. The fourth-order valence-corrected chi connectivity index (χ4v) is 2.65. The third kappa shape index (κ3) is 5.17. The number of nitrogens with one attached hydrogen (secondary N) is 3. The summed E-state index contributed by atoms with van der Waals surface area (Å²) >= 11 is 0. The maximum absolute atomic E-state index is 13.3. The molecule has 0 fully saturated rings. The lowest BCUT2D eigenvalue weighted by Crippen LogP contribution is -2.38. The van der Waals surface area contributed by atoms with E-state index in [0.29, 0.717) is 24.6 Å². The van der Waals surface area contributed by atoms with Crippen molar-refractivity contribution in [2.75, 3.05) is 13.6 Å². The fraction of sp³-hybridized carbons (Fsp3) is 0.263. The van der Waals surface area contributed by atoms with Gasteiger partial charge in [-0.25, -0.2) is 9.37 Å². The molecule has 1 heterocycles. The van der Waals surface area contributed by atoms with Gasteiger partial charge in [0.25, 0.3) is 0 Å². The number of hydrogen-bond acceptors (Lipinski definition) is 2. The van der Waals surface area contributed by atoms with Gasteiger partial charge in [-0.1, -0.05) is 24.3 Å². The zero-order valence-corrected chi connectivity index (χ0v) is 17.2. The Morgan fingerprint density at radius 2 is 2.00 bits per heavy atom. The van der Waals surface area contributed by atoms with Crippen molar-refractivity contribution in [1.29, 1.82) is 0 Å². The van der Waals surface area contributed by atoms with Gasteiger partial charge in [0.05, 0.1) is 11.0 Å². The van der Waals surface area contributed by atoms with E-state index in [4.69, 9.17) is 0 Å². The number of rotatable bonds is 5. The Bertz CT molecular complexity index is 858. The maximum Gasteiger partial charge on any atom is 0.191 e. The van der Waals surface area contributed by atoms with E-state index in [-0.39, 0.29) is 29.8 Å². The van der Waals surface area contributed by atoms with Crippen molar-refractivity contribution < 1.29 is 4.39 Å². The van der Waals surface area contributed by atoms with Crippen LogP contribution in [0, 0.1) is 12.7 Å². The molecule has 0 amide bonds. The number of aromatic nitrogens is 2. The molecular weight excluding hydrogens is 444 g/mol. The van der Waals surface area contributed by atoms with Crippen LogP contribution in [0.1, 0.15) is 17.0 Å². The molecule has 2 aromatic carbocycles. The highest BCUT2D eigenvalue weighted by Crippen LogP contribution is 2.10. The second-order valence-electron chi connectivity index (χ2n) is 5.89. The molecule has 3 N–H and O–H groups in total. The highest BCUT2D eigenvalue weighted by Gasteiger charge is 2.04. The predicted molar refractivity (Wildman–Crippen MR) is 115 cm³/mol. The van der Waals surface area contributed by atoms with Gasteiger partial charge in [0.1, 0.15) is 11.6 Å². The van der Waals surface area contributed by atoms with Gasteiger partial charge in [0.15, 0.2) is 5.96 Å². The average molecular weight is 467 g/mol. The van der Waals surface area contributed by atoms with Gasteiger partial charge in [-0.15, -0.1) is 24.0 Å². The second-order valence-corrected chi connectivity index (χ2v) is 5.89. The number of hydrogen-bond donors (Lipinski definition) is 3. The average Bonchev–Trinajstić information content (AvgIpc) is 3.03. The molecule has 3 rings (SSSR count). The number of fused-ring (bicyclic) bond motifs is 1. The molecule has 138 valence electrons. The van der Waals surface area contributed by atoms with Crippen molar-refractivity contribution in [3.05, 3.63) is 65.2 Å². The lowest BCUT2D eigenvalue weighted by Gasteiger charge is -2.12. The van der Waals surface area contributed by atoms with Gasteiger partial charge < -0.3 is 15.6 Å². The van der Waals surface area contributed by atoms with Crippen LogP contribution >= 0.6 is 24.0 Å². The molecule has 3 aromatic rings. The van der Waals surface area contributed by atoms with Crippen LogP contribution in [0.4, 0.5) is 4.39 Å². The zero-order chi connectivity index (χ0) is 17.6. The lowest BCUT2D eigenvalue weighted by atomic mass is 10.1. The zero-order valence-electron chi connectivity index (χ0n) is 14.8. The van der Waals surface area contributed by atoms with Gasteiger partial charge in [-0.05, 0) is 36.2 Å². The Kier molecular flexibility index (Phi) is 7.38. The van der Waals surface area contributed by atoms with E-state index in [1.165, 1.54) is 6.07 Å². The summed E-state index contributed by atoms with van der Waals surface area (Å²) in [6.07, 6.45) is 0.769. The number of aliphatic imine (C=N–C) groups is 1. The fourth-order valence-electron chi connectivity index (χ4n) is 2.65. The first kappa shape index (κ1) is 20.2. The minimum atomic E-state index is -0.183. The van der Waals surface area contributed by atoms with Crippen LogP contribution in [0.15, 0.2) is 47.5 Å². The maximum atomic E-state index is 13.3. The summed E-state index contributed by atoms with van der Waals surface area (Å²) in [4.78, 5) is 12.1. The van der Waals surface area contributed by atoms with Crippen LogP contribution in [0.2, 0.25) is 0 Å². The minimum absolute atomic E-state index is 0. The van der Waals surface area contributed by atoms with Crippen molar-refractivity contribution in [2.45, 2.75) is 19.9 Å². The molecule has 0 atom stereocenters. The summed E-state index contributed by atoms with van der Waals surface area (Å²) in [5.74, 6) is 1.47. The number of aryl methyl sites for hydroxylation is 1. The number of nitrogens with zero attached hydrogens (tertiary/aromatic N) is 2. The molecular formula is C19H23FIN5. The standard InChI is InChI=1S/C19H22FN5.HI/c1-13-11-14(7-8-15(13)20)12-23-19(21-2)22-10-9-18-24-16-5-3-4-6-17(16)25-18;/h3-8,11H,9-10,12H2,1-2H3,(H,24,25)(H2,21,22,23);1H. The van der Waals surface area contributed by atoms with E-state index in [2.05, 4.69) is 25.6 Å². The predicted octanol–water partition coefficient (Wildman–Crippen LogP) is 3.54. The number of guanidine groups is 1. The summed E-state index contributed by atoms with van der Waals surface area (Å²) in [7, 11) is 1.73. The molecule has 5 nitrogen and oxygen atoms in total. The largest absolute Gasteiger partial charge is 0.356 e. The van der Waals surface area contributed by atoms with Gasteiger partial charge >= 0.3 is 0 Å². The van der Waals surface area contributed by atoms with Crippen LogP contribution < -0.4 is 10.6 Å². The summed E-state index contributed by atoms with van der Waals surface area (Å²) in [6.45, 7) is 3.06. The quantitative estimate of drug-likeness (QED) is 0.306. The molecule has 26 heavy (non-hydrogen) atoms. The summed E-state index contributed by atoms with van der Waals surface area (Å²) < 4.78 is 13.3. The van der Waals surface area contributed by atoms with Crippen LogP contribution in [0.5, 0.6) is 0 Å². The molecule has 0 saturated carbocycles. The molecule has 1 aromatic heterocycles. The summed E-state index contributed by atoms with van der Waals surface area (Å²) in [6, 6.07) is 13.1. The Labute approximate surface area is 169 Å². The number of para-hydroxylation sites is 2. The molecule has 0 aliphatic heterocycles. The van der Waals surface area contributed by atoms with Crippen molar-refractivity contribution in [2.24, 2.45) is 4.99 Å². The molecule has 0 unspecified atom stereocenters. The van der Waals surface area contributed by atoms with Crippen LogP contribution in [-0.4, -0.2) is 29.5 Å². The third-order valence-corrected chi connectivity index (χ3v) is 4.00. The highest BCUT2D eigenvalue weighted by molar-refractivity contribution is 14.0. The smallest absolute Gasteiger partial charge is 0.191 e. The number of H-pyrrole nitrogens is 1. The first-order chi connectivity index (χ1) is 12.2. The third-order valence-electron chi connectivity index (χ3n) is 4.00. The van der Waals surface area contributed by atoms with Crippen molar-refractivity contribution in [1.82, 2.24) is 20.6 Å². The molecule has 0 spiro atoms. The van der Waals surface area contributed by atoms with Gasteiger partial charge in [-0.3, -0.25) is 4.99 Å². The van der Waals surface area contributed by atoms with Gasteiger partial charge in [-0.2, -0.15) is 0 Å². The van der Waals surface area contributed by atoms with Crippen LogP contribution in [-0.2, 0) is 13.0 Å². The normalized spacial score (nSPS) is 11.3. The van der Waals surface area contributed by atoms with Crippen LogP contribution in [0.3, 0.4) is 0 Å². The lowest BCUT2D eigenvalue weighted by molar-refractivity contribution is 0.617. The van der Waals surface area contributed by atoms with E-state index in [9.17, 15) is 4.39 Å². The van der Waals surface area contributed by atoms with E-state index >= 15 is 0 Å². The Hall–Kier alpha value is -2.16. The monoisotopic (exact) mass is 467 g/mol. The topological polar surface area (TPSA) is 65.1 Å². The van der Waals surface area contributed by atoms with E-state index in [1.54, 1.807) is 20.0 Å². The van der Waals surface area contributed by atoms with Crippen LogP contribution in [0.25, 0.3) is 11.0 Å². The molecule has 0 aliphatic carbocycles. The Morgan fingerprint density at radius 1 is 1.19 bits per heavy atom. The van der Waals surface area contributed by atoms with Crippen molar-refractivity contribution in [3.8, 4) is 0 Å². The van der Waals surface area contributed by atoms with Crippen molar-refractivity contribution in [3.63, 3.8) is 0 Å². The number of aromatic amines is 1. The molecule has 0 saturated heterocycles.